The summed E-state index contributed by atoms with van der Waals surface area (Å²) < 4.78 is 20.2. The number of methoxy groups -OCH3 is 1. The highest BCUT2D eigenvalue weighted by atomic mass is 35.5. The Balaban J connectivity index is 1.23. The van der Waals surface area contributed by atoms with Crippen molar-refractivity contribution >= 4 is 34.7 Å². The lowest BCUT2D eigenvalue weighted by molar-refractivity contribution is -0.136. The number of halogens is 2. The van der Waals surface area contributed by atoms with Crippen LogP contribution in [0.2, 0.25) is 5.02 Å². The number of rotatable bonds is 4. The molecule has 0 bridgehead atoms. The zero-order chi connectivity index (χ0) is 26.6. The minimum absolute atomic E-state index is 0.0370. The van der Waals surface area contributed by atoms with Crippen LogP contribution in [0.5, 0.6) is 5.75 Å². The van der Waals surface area contributed by atoms with E-state index in [9.17, 15) is 18.8 Å². The number of carbonyl (C=O) groups is 2. The van der Waals surface area contributed by atoms with E-state index in [4.69, 9.17) is 21.3 Å². The molecule has 1 atom stereocenters. The molecule has 11 heteroatoms. The van der Waals surface area contributed by atoms with Gasteiger partial charge in [-0.3, -0.25) is 19.5 Å². The summed E-state index contributed by atoms with van der Waals surface area (Å²) in [6, 6.07) is 13.3. The van der Waals surface area contributed by atoms with Gasteiger partial charge in [0.25, 0.3) is 5.56 Å². The summed E-state index contributed by atoms with van der Waals surface area (Å²) in [5.41, 5.74) is 3.44. The van der Waals surface area contributed by atoms with Gasteiger partial charge in [-0.25, -0.2) is 13.9 Å². The lowest BCUT2D eigenvalue weighted by atomic mass is 10.0. The number of nitrogens with zero attached hydrogens (tertiary/aromatic N) is 4. The van der Waals surface area contributed by atoms with E-state index in [1.807, 2.05) is 30.3 Å². The van der Waals surface area contributed by atoms with E-state index in [1.165, 1.54) is 27.6 Å². The molecule has 2 aromatic carbocycles. The third kappa shape index (κ3) is 4.10. The molecule has 38 heavy (non-hydrogen) atoms. The van der Waals surface area contributed by atoms with E-state index < -0.39 is 11.7 Å². The minimum atomic E-state index is -0.575. The zero-order valence-electron chi connectivity index (χ0n) is 20.4. The average molecular weight is 536 g/mol. The van der Waals surface area contributed by atoms with E-state index in [0.29, 0.717) is 35.6 Å². The number of hydrogen-bond donors (Lipinski definition) is 1. The summed E-state index contributed by atoms with van der Waals surface area (Å²) in [6.45, 7) is 0.686. The number of aromatic amines is 1. The molecule has 6 rings (SSSR count). The molecule has 0 spiro atoms. The first-order chi connectivity index (χ1) is 18.3. The molecule has 1 saturated heterocycles. The van der Waals surface area contributed by atoms with Crippen molar-refractivity contribution in [1.29, 1.82) is 0 Å². The number of H-pyrrole nitrogens is 1. The summed E-state index contributed by atoms with van der Waals surface area (Å²) in [7, 11) is 1.60. The lowest BCUT2D eigenvalue weighted by Crippen LogP contribution is -2.43. The van der Waals surface area contributed by atoms with Gasteiger partial charge in [-0.05, 0) is 48.0 Å². The molecular formula is C27H23ClFN5O4. The molecule has 1 N–H and O–H groups in total. The number of fused-ring (bicyclic) bond motifs is 2. The first kappa shape index (κ1) is 24.2. The number of ether oxygens (including phenoxy) is 1. The standard InChI is InChI=1S/C27H23ClFN5O4/c1-38-18-5-2-15(3-6-18)23-12-24-30-22-8-9-32(14-19(22)27(37)34(24)31-23)26(36)16-10-25(35)33(13-16)17-4-7-21(29)20(28)11-17/h2-7,11-12,16,31H,8-10,13-14H2,1H3/t16-/m1/s1. The minimum Gasteiger partial charge on any atom is -0.497 e. The summed E-state index contributed by atoms with van der Waals surface area (Å²) in [4.78, 5) is 47.2. The Labute approximate surface area is 221 Å². The molecule has 0 saturated carbocycles. The van der Waals surface area contributed by atoms with Crippen LogP contribution in [0.15, 0.2) is 53.3 Å². The van der Waals surface area contributed by atoms with Crippen molar-refractivity contribution in [3.63, 3.8) is 0 Å². The molecule has 0 radical (unpaired) electrons. The summed E-state index contributed by atoms with van der Waals surface area (Å²) in [6.07, 6.45) is 0.475. The van der Waals surface area contributed by atoms with E-state index >= 15 is 0 Å². The number of hydrogen-bond acceptors (Lipinski definition) is 5. The van der Waals surface area contributed by atoms with Gasteiger partial charge in [0.05, 0.1) is 41.5 Å². The second kappa shape index (κ2) is 9.29. The van der Waals surface area contributed by atoms with Crippen LogP contribution in [0, 0.1) is 11.7 Å². The molecule has 194 valence electrons. The molecule has 2 aliphatic heterocycles. The van der Waals surface area contributed by atoms with Crippen molar-refractivity contribution in [2.75, 3.05) is 25.1 Å². The molecule has 4 heterocycles. The maximum absolute atomic E-state index is 13.6. The van der Waals surface area contributed by atoms with Crippen molar-refractivity contribution in [2.24, 2.45) is 5.92 Å². The Hall–Kier alpha value is -4.18. The maximum Gasteiger partial charge on any atom is 0.277 e. The molecule has 9 nitrogen and oxygen atoms in total. The molecule has 4 aromatic rings. The van der Waals surface area contributed by atoms with E-state index in [0.717, 1.165) is 17.0 Å². The number of benzene rings is 2. The number of carbonyl (C=O) groups excluding carboxylic acids is 2. The molecule has 2 amide bonds. The third-order valence-electron chi connectivity index (χ3n) is 7.16. The van der Waals surface area contributed by atoms with Crippen LogP contribution in [-0.4, -0.2) is 51.5 Å². The van der Waals surface area contributed by atoms with Crippen LogP contribution in [0.4, 0.5) is 10.1 Å². The van der Waals surface area contributed by atoms with E-state index in [1.54, 1.807) is 12.0 Å². The Bertz CT molecular complexity index is 1650. The normalized spacial score (nSPS) is 17.2. The van der Waals surface area contributed by atoms with Gasteiger partial charge in [-0.2, -0.15) is 0 Å². The maximum atomic E-state index is 13.6. The van der Waals surface area contributed by atoms with Crippen molar-refractivity contribution in [3.05, 3.63) is 81.0 Å². The van der Waals surface area contributed by atoms with Crippen molar-refractivity contribution in [1.82, 2.24) is 19.5 Å². The summed E-state index contributed by atoms with van der Waals surface area (Å²) >= 11 is 5.88. The molecule has 0 unspecified atom stereocenters. The molecule has 0 aliphatic carbocycles. The second-order valence-electron chi connectivity index (χ2n) is 9.45. The summed E-state index contributed by atoms with van der Waals surface area (Å²) in [5, 5.41) is 3.03. The first-order valence-corrected chi connectivity index (χ1v) is 12.5. The van der Waals surface area contributed by atoms with Crippen LogP contribution < -0.4 is 15.2 Å². The first-order valence-electron chi connectivity index (χ1n) is 12.1. The van der Waals surface area contributed by atoms with Gasteiger partial charge in [-0.15, -0.1) is 0 Å². The fraction of sp³-hybridized carbons (Fsp3) is 0.259. The van der Waals surface area contributed by atoms with Gasteiger partial charge in [0.2, 0.25) is 11.8 Å². The van der Waals surface area contributed by atoms with Crippen LogP contribution >= 0.6 is 11.6 Å². The molecular weight excluding hydrogens is 513 g/mol. The van der Waals surface area contributed by atoms with E-state index in [2.05, 4.69) is 5.10 Å². The highest BCUT2D eigenvalue weighted by Crippen LogP contribution is 2.30. The Kier molecular flexibility index (Phi) is 5.91. The van der Waals surface area contributed by atoms with E-state index in [-0.39, 0.29) is 41.9 Å². The Morgan fingerprint density at radius 3 is 2.68 bits per heavy atom. The van der Waals surface area contributed by atoms with Gasteiger partial charge in [0.1, 0.15) is 11.6 Å². The molecule has 2 aliphatic rings. The summed E-state index contributed by atoms with van der Waals surface area (Å²) in [5.74, 6) is -0.846. The van der Waals surface area contributed by atoms with Gasteiger partial charge in [0, 0.05) is 37.7 Å². The number of aromatic nitrogens is 3. The van der Waals surface area contributed by atoms with Crippen LogP contribution in [-0.2, 0) is 22.6 Å². The van der Waals surface area contributed by atoms with Gasteiger partial charge < -0.3 is 14.5 Å². The predicted molar refractivity (Wildman–Crippen MR) is 139 cm³/mol. The fourth-order valence-electron chi connectivity index (χ4n) is 5.12. The number of anilines is 1. The Morgan fingerprint density at radius 1 is 1.16 bits per heavy atom. The van der Waals surface area contributed by atoms with Crippen molar-refractivity contribution in [3.8, 4) is 17.0 Å². The smallest absolute Gasteiger partial charge is 0.277 e. The fourth-order valence-corrected chi connectivity index (χ4v) is 5.30. The third-order valence-corrected chi connectivity index (χ3v) is 7.45. The lowest BCUT2D eigenvalue weighted by Gasteiger charge is -2.29. The highest BCUT2D eigenvalue weighted by Gasteiger charge is 2.38. The van der Waals surface area contributed by atoms with Crippen molar-refractivity contribution < 1.29 is 18.7 Å². The second-order valence-corrected chi connectivity index (χ2v) is 9.85. The van der Waals surface area contributed by atoms with Crippen LogP contribution in [0.25, 0.3) is 16.9 Å². The van der Waals surface area contributed by atoms with Crippen molar-refractivity contribution in [2.45, 2.75) is 19.4 Å². The Morgan fingerprint density at radius 2 is 1.95 bits per heavy atom. The van der Waals surface area contributed by atoms with Crippen LogP contribution in [0.3, 0.4) is 0 Å². The molecule has 2 aromatic heterocycles. The van der Waals surface area contributed by atoms with Gasteiger partial charge in [-0.1, -0.05) is 11.6 Å². The number of amides is 2. The zero-order valence-corrected chi connectivity index (χ0v) is 21.2. The highest BCUT2D eigenvalue weighted by molar-refractivity contribution is 6.31. The quantitative estimate of drug-likeness (QED) is 0.431. The largest absolute Gasteiger partial charge is 0.497 e. The van der Waals surface area contributed by atoms with Gasteiger partial charge in [0.15, 0.2) is 5.65 Å². The monoisotopic (exact) mass is 535 g/mol. The van der Waals surface area contributed by atoms with Gasteiger partial charge >= 0.3 is 0 Å². The predicted octanol–water partition coefficient (Wildman–Crippen LogP) is 3.43. The molecule has 1 fully saturated rings. The van der Waals surface area contributed by atoms with Crippen LogP contribution in [0.1, 0.15) is 17.7 Å². The topological polar surface area (TPSA) is 100 Å². The SMILES string of the molecule is COc1ccc(-c2cc3nc4c(c(=O)n3[nH]2)CN(C(=O)[C@@H]2CC(=O)N(c3ccc(F)c(Cl)c3)C2)CC4)cc1. The number of nitrogens with one attached hydrogen (secondary N) is 1. The average Bonchev–Trinajstić information content (AvgIpc) is 3.54.